The first-order chi connectivity index (χ1) is 10.2. The van der Waals surface area contributed by atoms with Crippen molar-refractivity contribution in [1.82, 2.24) is 4.98 Å². The standard InChI is InChI=1S/C17H16FN3/c1-2-21(13-5-3-12(18)4-6-13)17-8-7-16(19)15-11-20-10-9-14(15)17/h3-11H,2,19H2,1H3. The minimum absolute atomic E-state index is 0.235. The van der Waals surface area contributed by atoms with Crippen LogP contribution in [0.5, 0.6) is 0 Å². The van der Waals surface area contributed by atoms with Gasteiger partial charge in [0.25, 0.3) is 0 Å². The number of halogens is 1. The second-order valence-electron chi connectivity index (χ2n) is 4.82. The van der Waals surface area contributed by atoms with E-state index in [4.69, 9.17) is 5.73 Å². The molecule has 106 valence electrons. The summed E-state index contributed by atoms with van der Waals surface area (Å²) in [6.07, 6.45) is 3.52. The number of nitrogens with zero attached hydrogens (tertiary/aromatic N) is 2. The fourth-order valence-electron chi connectivity index (χ4n) is 2.54. The molecule has 0 aliphatic rings. The van der Waals surface area contributed by atoms with Gasteiger partial charge in [0, 0.05) is 46.8 Å². The van der Waals surface area contributed by atoms with Gasteiger partial charge >= 0.3 is 0 Å². The van der Waals surface area contributed by atoms with Gasteiger partial charge in [-0.3, -0.25) is 4.98 Å². The Morgan fingerprint density at radius 3 is 2.52 bits per heavy atom. The van der Waals surface area contributed by atoms with Crippen molar-refractivity contribution >= 4 is 27.8 Å². The van der Waals surface area contributed by atoms with E-state index in [0.717, 1.165) is 28.7 Å². The molecule has 0 spiro atoms. The third kappa shape index (κ3) is 2.40. The maximum absolute atomic E-state index is 13.1. The summed E-state index contributed by atoms with van der Waals surface area (Å²) in [4.78, 5) is 6.26. The van der Waals surface area contributed by atoms with Crippen LogP contribution >= 0.6 is 0 Å². The van der Waals surface area contributed by atoms with Crippen molar-refractivity contribution in [3.63, 3.8) is 0 Å². The topological polar surface area (TPSA) is 42.1 Å². The van der Waals surface area contributed by atoms with Crippen LogP contribution in [-0.4, -0.2) is 11.5 Å². The highest BCUT2D eigenvalue weighted by atomic mass is 19.1. The number of anilines is 3. The van der Waals surface area contributed by atoms with Crippen LogP contribution in [0.4, 0.5) is 21.5 Å². The molecule has 0 aliphatic heterocycles. The maximum Gasteiger partial charge on any atom is 0.123 e. The maximum atomic E-state index is 13.1. The van der Waals surface area contributed by atoms with E-state index in [1.165, 1.54) is 12.1 Å². The number of rotatable bonds is 3. The lowest BCUT2D eigenvalue weighted by atomic mass is 10.1. The van der Waals surface area contributed by atoms with E-state index in [1.807, 2.05) is 18.2 Å². The van der Waals surface area contributed by atoms with E-state index in [0.29, 0.717) is 5.69 Å². The molecule has 0 aliphatic carbocycles. The first-order valence-corrected chi connectivity index (χ1v) is 6.86. The van der Waals surface area contributed by atoms with Crippen LogP contribution in [0.2, 0.25) is 0 Å². The van der Waals surface area contributed by atoms with Gasteiger partial charge in [-0.1, -0.05) is 0 Å². The molecule has 2 aromatic carbocycles. The number of hydrogen-bond donors (Lipinski definition) is 1. The van der Waals surface area contributed by atoms with Crippen LogP contribution in [0, 0.1) is 5.82 Å². The highest BCUT2D eigenvalue weighted by molar-refractivity contribution is 6.02. The largest absolute Gasteiger partial charge is 0.398 e. The van der Waals surface area contributed by atoms with Crippen molar-refractivity contribution in [3.8, 4) is 0 Å². The first-order valence-electron chi connectivity index (χ1n) is 6.86. The van der Waals surface area contributed by atoms with Crippen molar-refractivity contribution < 1.29 is 4.39 Å². The Bertz CT molecular complexity index is 769. The van der Waals surface area contributed by atoms with Crippen LogP contribution in [0.3, 0.4) is 0 Å². The van der Waals surface area contributed by atoms with Crippen molar-refractivity contribution in [3.05, 3.63) is 60.7 Å². The molecule has 0 bridgehead atoms. The van der Waals surface area contributed by atoms with E-state index in [1.54, 1.807) is 24.5 Å². The Kier molecular flexibility index (Phi) is 3.44. The van der Waals surface area contributed by atoms with Gasteiger partial charge in [-0.25, -0.2) is 4.39 Å². The molecule has 0 atom stereocenters. The summed E-state index contributed by atoms with van der Waals surface area (Å²) in [7, 11) is 0. The fraction of sp³-hybridized carbons (Fsp3) is 0.118. The quantitative estimate of drug-likeness (QED) is 0.734. The summed E-state index contributed by atoms with van der Waals surface area (Å²) in [5.41, 5.74) is 8.71. The fourth-order valence-corrected chi connectivity index (χ4v) is 2.54. The lowest BCUT2D eigenvalue weighted by Crippen LogP contribution is -2.16. The van der Waals surface area contributed by atoms with Crippen molar-refractivity contribution in [2.24, 2.45) is 0 Å². The monoisotopic (exact) mass is 281 g/mol. The number of nitrogen functional groups attached to an aromatic ring is 1. The number of pyridine rings is 1. The van der Waals surface area contributed by atoms with Gasteiger partial charge in [-0.15, -0.1) is 0 Å². The van der Waals surface area contributed by atoms with Gasteiger partial charge in [0.05, 0.1) is 0 Å². The van der Waals surface area contributed by atoms with E-state index in [9.17, 15) is 4.39 Å². The van der Waals surface area contributed by atoms with Gasteiger partial charge in [0.15, 0.2) is 0 Å². The van der Waals surface area contributed by atoms with Crippen molar-refractivity contribution in [2.45, 2.75) is 6.92 Å². The summed E-state index contributed by atoms with van der Waals surface area (Å²) in [5, 5.41) is 1.96. The lowest BCUT2D eigenvalue weighted by molar-refractivity contribution is 0.628. The third-order valence-corrected chi connectivity index (χ3v) is 3.57. The first kappa shape index (κ1) is 13.4. The van der Waals surface area contributed by atoms with Gasteiger partial charge in [0.2, 0.25) is 0 Å². The summed E-state index contributed by atoms with van der Waals surface area (Å²) < 4.78 is 13.1. The van der Waals surface area contributed by atoms with Crippen molar-refractivity contribution in [1.29, 1.82) is 0 Å². The third-order valence-electron chi connectivity index (χ3n) is 3.57. The van der Waals surface area contributed by atoms with Crippen LogP contribution in [0.1, 0.15) is 6.92 Å². The van der Waals surface area contributed by atoms with E-state index in [2.05, 4.69) is 16.8 Å². The Morgan fingerprint density at radius 2 is 1.81 bits per heavy atom. The summed E-state index contributed by atoms with van der Waals surface area (Å²) in [6.45, 7) is 2.83. The highest BCUT2D eigenvalue weighted by Gasteiger charge is 2.12. The Hall–Kier alpha value is -2.62. The molecule has 0 unspecified atom stereocenters. The normalized spacial score (nSPS) is 10.8. The van der Waals surface area contributed by atoms with Crippen LogP contribution < -0.4 is 10.6 Å². The van der Waals surface area contributed by atoms with Crippen LogP contribution in [0.25, 0.3) is 10.8 Å². The molecular weight excluding hydrogens is 265 g/mol. The molecule has 4 heteroatoms. The second kappa shape index (κ2) is 5.40. The molecule has 0 amide bonds. The number of nitrogens with two attached hydrogens (primary N) is 1. The smallest absolute Gasteiger partial charge is 0.123 e. The molecule has 2 N–H and O–H groups in total. The molecule has 0 saturated heterocycles. The average molecular weight is 281 g/mol. The predicted molar refractivity (Wildman–Crippen MR) is 85.2 cm³/mol. The van der Waals surface area contributed by atoms with Gasteiger partial charge in [0.1, 0.15) is 5.82 Å². The summed E-state index contributed by atoms with van der Waals surface area (Å²) in [5.74, 6) is -0.235. The molecule has 1 heterocycles. The van der Waals surface area contributed by atoms with Gasteiger partial charge in [-0.2, -0.15) is 0 Å². The molecule has 0 fully saturated rings. The van der Waals surface area contributed by atoms with Gasteiger partial charge < -0.3 is 10.6 Å². The minimum Gasteiger partial charge on any atom is -0.398 e. The zero-order valence-corrected chi connectivity index (χ0v) is 11.8. The summed E-state index contributed by atoms with van der Waals surface area (Å²) >= 11 is 0. The summed E-state index contributed by atoms with van der Waals surface area (Å²) in [6, 6.07) is 12.3. The van der Waals surface area contributed by atoms with Crippen LogP contribution in [-0.2, 0) is 0 Å². The Morgan fingerprint density at radius 1 is 1.05 bits per heavy atom. The molecule has 21 heavy (non-hydrogen) atoms. The number of aromatic nitrogens is 1. The minimum atomic E-state index is -0.235. The Balaban J connectivity index is 2.17. The molecule has 3 nitrogen and oxygen atoms in total. The molecule has 1 aromatic heterocycles. The Labute approximate surface area is 122 Å². The molecular formula is C17H16FN3. The number of benzene rings is 2. The van der Waals surface area contributed by atoms with Gasteiger partial charge in [-0.05, 0) is 49.4 Å². The zero-order chi connectivity index (χ0) is 14.8. The molecule has 0 radical (unpaired) electrons. The van der Waals surface area contributed by atoms with E-state index in [-0.39, 0.29) is 5.82 Å². The molecule has 3 rings (SSSR count). The predicted octanol–water partition coefficient (Wildman–Crippen LogP) is 4.11. The van der Waals surface area contributed by atoms with E-state index < -0.39 is 0 Å². The molecule has 3 aromatic rings. The van der Waals surface area contributed by atoms with E-state index >= 15 is 0 Å². The SMILES string of the molecule is CCN(c1ccc(F)cc1)c1ccc(N)c2cnccc12. The zero-order valence-electron chi connectivity index (χ0n) is 11.8. The molecule has 0 saturated carbocycles. The second-order valence-corrected chi connectivity index (χ2v) is 4.82. The number of fused-ring (bicyclic) bond motifs is 1. The van der Waals surface area contributed by atoms with Crippen molar-refractivity contribution in [2.75, 3.05) is 17.2 Å². The average Bonchev–Trinajstić information content (AvgIpc) is 2.52. The number of hydrogen-bond acceptors (Lipinski definition) is 3. The highest BCUT2D eigenvalue weighted by Crippen LogP contribution is 2.34. The van der Waals surface area contributed by atoms with Crippen LogP contribution in [0.15, 0.2) is 54.9 Å². The lowest BCUT2D eigenvalue weighted by Gasteiger charge is -2.25.